The number of nitrogen functional groups attached to an aromatic ring is 1. The number of aryl methyl sites for hydroxylation is 1. The minimum atomic E-state index is 0.295. The van der Waals surface area contributed by atoms with Crippen molar-refractivity contribution >= 4 is 11.5 Å². The summed E-state index contributed by atoms with van der Waals surface area (Å²) in [5.41, 5.74) is 8.44. The first-order valence-electron chi connectivity index (χ1n) is 7.63. The molecule has 0 aliphatic heterocycles. The zero-order chi connectivity index (χ0) is 13.0. The molecule has 4 aliphatic carbocycles. The number of nitrogens with zero attached hydrogens (tertiary/aromatic N) is 1. The van der Waals surface area contributed by atoms with Crippen molar-refractivity contribution in [1.29, 1.82) is 0 Å². The number of nitrogens with one attached hydrogen (secondary N) is 1. The van der Waals surface area contributed by atoms with Crippen molar-refractivity contribution in [2.75, 3.05) is 11.1 Å². The van der Waals surface area contributed by atoms with Crippen LogP contribution in [0, 0.1) is 24.7 Å². The molecule has 4 fully saturated rings. The lowest BCUT2D eigenvalue weighted by Gasteiger charge is -2.57. The number of hydrogen-bond donors (Lipinski definition) is 2. The number of anilines is 2. The lowest BCUT2D eigenvalue weighted by Crippen LogP contribution is -2.55. The molecule has 4 aliphatic rings. The molecule has 0 saturated heterocycles. The van der Waals surface area contributed by atoms with Gasteiger partial charge in [-0.2, -0.15) is 0 Å². The smallest absolute Gasteiger partial charge is 0.149 e. The number of pyridine rings is 1. The van der Waals surface area contributed by atoms with Gasteiger partial charge in [0.1, 0.15) is 5.82 Å². The summed E-state index contributed by atoms with van der Waals surface area (Å²) in [5.74, 6) is 3.77. The van der Waals surface area contributed by atoms with Gasteiger partial charge < -0.3 is 11.1 Å². The molecule has 4 saturated carbocycles. The Morgan fingerprint density at radius 3 is 2.32 bits per heavy atom. The maximum Gasteiger partial charge on any atom is 0.149 e. The van der Waals surface area contributed by atoms with Crippen molar-refractivity contribution in [3.63, 3.8) is 0 Å². The molecular weight excluding hydrogens is 234 g/mol. The lowest BCUT2D eigenvalue weighted by atomic mass is 9.53. The normalized spacial score (nSPS) is 39.5. The Balaban J connectivity index is 1.64. The summed E-state index contributed by atoms with van der Waals surface area (Å²) < 4.78 is 0. The van der Waals surface area contributed by atoms with E-state index in [-0.39, 0.29) is 0 Å². The fraction of sp³-hybridized carbons (Fsp3) is 0.688. The van der Waals surface area contributed by atoms with Gasteiger partial charge in [-0.25, -0.2) is 4.98 Å². The summed E-state index contributed by atoms with van der Waals surface area (Å²) in [7, 11) is 0. The fourth-order valence-corrected chi connectivity index (χ4v) is 5.18. The lowest BCUT2D eigenvalue weighted by molar-refractivity contribution is 0.0106. The molecule has 0 atom stereocenters. The van der Waals surface area contributed by atoms with E-state index in [0.29, 0.717) is 5.54 Å². The number of nitrogens with two attached hydrogens (primary N) is 1. The average molecular weight is 257 g/mol. The van der Waals surface area contributed by atoms with E-state index in [1.165, 1.54) is 38.5 Å². The Morgan fingerprint density at radius 1 is 1.16 bits per heavy atom. The van der Waals surface area contributed by atoms with Crippen LogP contribution in [0.5, 0.6) is 0 Å². The van der Waals surface area contributed by atoms with Gasteiger partial charge in [0.2, 0.25) is 0 Å². The first kappa shape index (κ1) is 11.6. The average Bonchev–Trinajstić information content (AvgIpc) is 2.33. The first-order valence-corrected chi connectivity index (χ1v) is 7.63. The van der Waals surface area contributed by atoms with Crippen LogP contribution < -0.4 is 11.1 Å². The Labute approximate surface area is 115 Å². The van der Waals surface area contributed by atoms with Crippen LogP contribution >= 0.6 is 0 Å². The van der Waals surface area contributed by atoms with E-state index in [2.05, 4.69) is 17.2 Å². The van der Waals surface area contributed by atoms with Crippen LogP contribution in [-0.2, 0) is 0 Å². The van der Waals surface area contributed by atoms with Crippen LogP contribution in [-0.4, -0.2) is 10.5 Å². The molecule has 5 rings (SSSR count). The fourth-order valence-electron chi connectivity index (χ4n) is 5.18. The van der Waals surface area contributed by atoms with Gasteiger partial charge >= 0.3 is 0 Å². The molecule has 0 radical (unpaired) electrons. The second kappa shape index (κ2) is 3.87. The molecule has 0 spiro atoms. The Hall–Kier alpha value is -1.25. The first-order chi connectivity index (χ1) is 9.13. The van der Waals surface area contributed by atoms with E-state index in [9.17, 15) is 0 Å². The Bertz CT molecular complexity index is 473. The molecule has 3 N–H and O–H groups in total. The van der Waals surface area contributed by atoms with Crippen molar-refractivity contribution in [2.45, 2.75) is 51.0 Å². The van der Waals surface area contributed by atoms with Gasteiger partial charge in [-0.05, 0) is 74.8 Å². The van der Waals surface area contributed by atoms with E-state index in [1.54, 1.807) is 0 Å². The largest absolute Gasteiger partial charge is 0.396 e. The molecule has 0 amide bonds. The number of rotatable bonds is 2. The van der Waals surface area contributed by atoms with E-state index < -0.39 is 0 Å². The van der Waals surface area contributed by atoms with Crippen LogP contribution in [0.2, 0.25) is 0 Å². The predicted molar refractivity (Wildman–Crippen MR) is 77.9 cm³/mol. The van der Waals surface area contributed by atoms with Crippen LogP contribution in [0.3, 0.4) is 0 Å². The van der Waals surface area contributed by atoms with Gasteiger partial charge in [0.05, 0.1) is 5.69 Å². The molecule has 3 nitrogen and oxygen atoms in total. The molecule has 3 heteroatoms. The number of aromatic nitrogens is 1. The van der Waals surface area contributed by atoms with Gasteiger partial charge in [-0.3, -0.25) is 0 Å². The van der Waals surface area contributed by atoms with Crippen LogP contribution in [0.25, 0.3) is 0 Å². The highest BCUT2D eigenvalue weighted by atomic mass is 15.1. The van der Waals surface area contributed by atoms with Crippen molar-refractivity contribution in [3.8, 4) is 0 Å². The predicted octanol–water partition coefficient (Wildman–Crippen LogP) is 3.35. The standard InChI is InChI=1S/C16H23N3/c1-10-2-3-18-15(14(10)17)19-16-7-11-4-12(8-16)6-13(5-11)9-16/h2-3,11-13H,4-9,17H2,1H3,(H,18,19). The summed E-state index contributed by atoms with van der Waals surface area (Å²) in [5, 5.41) is 3.76. The van der Waals surface area contributed by atoms with E-state index in [4.69, 9.17) is 5.73 Å². The summed E-state index contributed by atoms with van der Waals surface area (Å²) in [6, 6.07) is 1.99. The topological polar surface area (TPSA) is 50.9 Å². The zero-order valence-corrected chi connectivity index (χ0v) is 11.7. The van der Waals surface area contributed by atoms with Crippen molar-refractivity contribution in [2.24, 2.45) is 17.8 Å². The summed E-state index contributed by atoms with van der Waals surface area (Å²) in [6.07, 6.45) is 10.3. The third-order valence-corrected chi connectivity index (χ3v) is 5.63. The molecule has 1 aromatic heterocycles. The third kappa shape index (κ3) is 1.82. The highest BCUT2D eigenvalue weighted by Crippen LogP contribution is 2.56. The second-order valence-electron chi connectivity index (χ2n) is 7.21. The van der Waals surface area contributed by atoms with Crippen molar-refractivity contribution in [3.05, 3.63) is 17.8 Å². The van der Waals surface area contributed by atoms with Gasteiger partial charge in [-0.1, -0.05) is 0 Å². The van der Waals surface area contributed by atoms with Crippen LogP contribution in [0.15, 0.2) is 12.3 Å². The summed E-state index contributed by atoms with van der Waals surface area (Å²) >= 11 is 0. The molecule has 1 aromatic rings. The Kier molecular flexibility index (Phi) is 2.36. The number of hydrogen-bond acceptors (Lipinski definition) is 3. The van der Waals surface area contributed by atoms with Crippen molar-refractivity contribution in [1.82, 2.24) is 4.98 Å². The maximum absolute atomic E-state index is 6.19. The van der Waals surface area contributed by atoms with Gasteiger partial charge in [0.25, 0.3) is 0 Å². The monoisotopic (exact) mass is 257 g/mol. The van der Waals surface area contributed by atoms with E-state index in [1.807, 2.05) is 12.3 Å². The third-order valence-electron chi connectivity index (χ3n) is 5.63. The van der Waals surface area contributed by atoms with Gasteiger partial charge in [-0.15, -0.1) is 0 Å². The molecule has 1 heterocycles. The van der Waals surface area contributed by atoms with E-state index >= 15 is 0 Å². The van der Waals surface area contributed by atoms with Gasteiger partial charge in [0, 0.05) is 11.7 Å². The van der Waals surface area contributed by atoms with Crippen molar-refractivity contribution < 1.29 is 0 Å². The summed E-state index contributed by atoms with van der Waals surface area (Å²) in [4.78, 5) is 4.48. The minimum absolute atomic E-state index is 0.295. The highest BCUT2D eigenvalue weighted by Gasteiger charge is 2.51. The summed E-state index contributed by atoms with van der Waals surface area (Å²) in [6.45, 7) is 2.06. The minimum Gasteiger partial charge on any atom is -0.396 e. The van der Waals surface area contributed by atoms with Crippen LogP contribution in [0.4, 0.5) is 11.5 Å². The molecule has 102 valence electrons. The SMILES string of the molecule is Cc1ccnc(NC23CC4CC(CC(C4)C2)C3)c1N. The molecule has 0 aromatic carbocycles. The maximum atomic E-state index is 6.19. The molecular formula is C16H23N3. The van der Waals surface area contributed by atoms with Gasteiger partial charge in [0.15, 0.2) is 0 Å². The Morgan fingerprint density at radius 2 is 1.74 bits per heavy atom. The van der Waals surface area contributed by atoms with E-state index in [0.717, 1.165) is 34.8 Å². The molecule has 19 heavy (non-hydrogen) atoms. The zero-order valence-electron chi connectivity index (χ0n) is 11.7. The molecule has 0 unspecified atom stereocenters. The van der Waals surface area contributed by atoms with Crippen LogP contribution in [0.1, 0.15) is 44.1 Å². The highest BCUT2D eigenvalue weighted by molar-refractivity contribution is 5.66. The second-order valence-corrected chi connectivity index (χ2v) is 7.21. The molecule has 4 bridgehead atoms. The quantitative estimate of drug-likeness (QED) is 0.854.